The second-order valence-electron chi connectivity index (χ2n) is 10.9. The molecule has 4 aromatic heterocycles. The maximum atomic E-state index is 12.0. The summed E-state index contributed by atoms with van der Waals surface area (Å²) in [6.07, 6.45) is 10.1. The molecule has 0 atom stereocenters. The van der Waals surface area contributed by atoms with Crippen molar-refractivity contribution in [1.29, 1.82) is 0 Å². The van der Waals surface area contributed by atoms with E-state index in [4.69, 9.17) is 11.6 Å². The number of hydrogen-bond donors (Lipinski definition) is 1. The number of nitrogens with one attached hydrogen (secondary N) is 1. The standard InChI is InChI=1S/C30H36N6O/c1-19(2)27-28(23-17-36(18-31-3)30-22(23)7-6-16-32-30)34-25-14-13-24(33-29(25)27)21-11-8-20(9-12-21)10-15-26(37)35(4)5/h6-7,13-14,16-17,19-21,34H,8-12,15,18H2,1-2,4-5H3. The SMILES string of the molecule is [C-]#[N+]Cn1cc(-c2[nH]c3ccc(C4CCC(CCC(=O)N(C)C)CC4)nc3c2C(C)C)c2cccnc21. The highest BCUT2D eigenvalue weighted by atomic mass is 16.2. The number of rotatable bonds is 7. The van der Waals surface area contributed by atoms with Gasteiger partial charge < -0.3 is 9.88 Å². The number of hydrogen-bond acceptors (Lipinski definition) is 3. The van der Waals surface area contributed by atoms with E-state index in [0.717, 1.165) is 65.4 Å². The number of H-pyrrole nitrogens is 1. The smallest absolute Gasteiger partial charge is 0.294 e. The zero-order chi connectivity index (χ0) is 26.1. The van der Waals surface area contributed by atoms with Crippen LogP contribution in [0.15, 0.2) is 36.7 Å². The molecule has 4 aromatic rings. The van der Waals surface area contributed by atoms with Crippen LogP contribution in [0.5, 0.6) is 0 Å². The molecule has 0 aromatic carbocycles. The molecule has 7 nitrogen and oxygen atoms in total. The Kier molecular flexibility index (Phi) is 7.01. The number of amides is 1. The Labute approximate surface area is 218 Å². The van der Waals surface area contributed by atoms with Gasteiger partial charge in [0.15, 0.2) is 0 Å². The second-order valence-corrected chi connectivity index (χ2v) is 10.9. The van der Waals surface area contributed by atoms with Crippen LogP contribution in [0.25, 0.3) is 38.2 Å². The third kappa shape index (κ3) is 4.85. The minimum absolute atomic E-state index is 0.228. The maximum absolute atomic E-state index is 12.0. The van der Waals surface area contributed by atoms with Crippen molar-refractivity contribution in [3.05, 3.63) is 59.3 Å². The summed E-state index contributed by atoms with van der Waals surface area (Å²) in [5, 5.41) is 1.05. The van der Waals surface area contributed by atoms with Crippen molar-refractivity contribution < 1.29 is 4.79 Å². The number of pyridine rings is 2. The van der Waals surface area contributed by atoms with Gasteiger partial charge in [0.1, 0.15) is 5.65 Å². The van der Waals surface area contributed by atoms with E-state index in [-0.39, 0.29) is 18.5 Å². The van der Waals surface area contributed by atoms with Crippen LogP contribution in [0.2, 0.25) is 0 Å². The molecule has 5 rings (SSSR count). The van der Waals surface area contributed by atoms with Gasteiger partial charge in [-0.15, -0.1) is 0 Å². The number of aromatic nitrogens is 4. The summed E-state index contributed by atoms with van der Waals surface area (Å²) in [5.74, 6) is 1.61. The summed E-state index contributed by atoms with van der Waals surface area (Å²) in [6, 6.07) is 8.41. The van der Waals surface area contributed by atoms with Gasteiger partial charge in [0.25, 0.3) is 6.67 Å². The molecule has 0 aliphatic heterocycles. The van der Waals surface area contributed by atoms with E-state index in [0.29, 0.717) is 18.3 Å². The second kappa shape index (κ2) is 10.4. The van der Waals surface area contributed by atoms with E-state index >= 15 is 0 Å². The third-order valence-electron chi connectivity index (χ3n) is 7.93. The van der Waals surface area contributed by atoms with Crippen LogP contribution in [0.3, 0.4) is 0 Å². The number of carbonyl (C=O) groups excluding carboxylic acids is 1. The van der Waals surface area contributed by atoms with Crippen LogP contribution in [0, 0.1) is 12.5 Å². The van der Waals surface area contributed by atoms with Crippen LogP contribution < -0.4 is 0 Å². The fourth-order valence-corrected chi connectivity index (χ4v) is 5.91. The maximum Gasteiger partial charge on any atom is 0.294 e. The summed E-state index contributed by atoms with van der Waals surface area (Å²) >= 11 is 0. The van der Waals surface area contributed by atoms with Gasteiger partial charge in [-0.25, -0.2) is 11.6 Å². The van der Waals surface area contributed by atoms with Gasteiger partial charge in [0, 0.05) is 61.0 Å². The molecule has 192 valence electrons. The van der Waals surface area contributed by atoms with Crippen LogP contribution in [0.1, 0.15) is 75.5 Å². The molecule has 4 heterocycles. The van der Waals surface area contributed by atoms with Gasteiger partial charge in [-0.05, 0) is 68.2 Å². The third-order valence-corrected chi connectivity index (χ3v) is 7.93. The van der Waals surface area contributed by atoms with Crippen molar-refractivity contribution in [3.63, 3.8) is 0 Å². The lowest BCUT2D eigenvalue weighted by molar-refractivity contribution is -0.129. The van der Waals surface area contributed by atoms with Crippen molar-refractivity contribution in [2.45, 2.75) is 70.9 Å². The molecule has 0 saturated heterocycles. The van der Waals surface area contributed by atoms with Crippen molar-refractivity contribution in [2.75, 3.05) is 14.1 Å². The normalized spacial score (nSPS) is 17.9. The highest BCUT2D eigenvalue weighted by molar-refractivity contribution is 5.98. The molecule has 1 aliphatic carbocycles. The molecule has 7 heteroatoms. The summed E-state index contributed by atoms with van der Waals surface area (Å²) in [5.41, 5.74) is 7.48. The van der Waals surface area contributed by atoms with Crippen LogP contribution in [0.4, 0.5) is 0 Å². The lowest BCUT2D eigenvalue weighted by atomic mass is 9.78. The van der Waals surface area contributed by atoms with Crippen LogP contribution in [-0.2, 0) is 11.5 Å². The average Bonchev–Trinajstić information content (AvgIpc) is 3.46. The van der Waals surface area contributed by atoms with Crippen molar-refractivity contribution in [3.8, 4) is 11.3 Å². The fourth-order valence-electron chi connectivity index (χ4n) is 5.91. The quantitative estimate of drug-likeness (QED) is 0.289. The molecule has 0 unspecified atom stereocenters. The van der Waals surface area contributed by atoms with Gasteiger partial charge in [-0.1, -0.05) is 13.8 Å². The van der Waals surface area contributed by atoms with E-state index in [9.17, 15) is 4.79 Å². The monoisotopic (exact) mass is 496 g/mol. The summed E-state index contributed by atoms with van der Waals surface area (Å²) in [4.78, 5) is 30.7. The number of nitrogens with zero attached hydrogens (tertiary/aromatic N) is 5. The van der Waals surface area contributed by atoms with Gasteiger partial charge in [0.2, 0.25) is 5.91 Å². The van der Waals surface area contributed by atoms with Crippen molar-refractivity contribution in [1.82, 2.24) is 24.4 Å². The summed E-state index contributed by atoms with van der Waals surface area (Å²) < 4.78 is 1.93. The largest absolute Gasteiger partial charge is 0.353 e. The van der Waals surface area contributed by atoms with Gasteiger partial charge in [0.05, 0.1) is 16.7 Å². The Morgan fingerprint density at radius 3 is 2.70 bits per heavy atom. The predicted octanol–water partition coefficient (Wildman–Crippen LogP) is 6.72. The zero-order valence-corrected chi connectivity index (χ0v) is 22.3. The topological polar surface area (TPSA) is 71.2 Å². The van der Waals surface area contributed by atoms with Crippen LogP contribution in [-0.4, -0.2) is 44.4 Å². The van der Waals surface area contributed by atoms with Crippen molar-refractivity contribution >= 4 is 28.0 Å². The Hall–Kier alpha value is -3.66. The highest BCUT2D eigenvalue weighted by Gasteiger charge is 2.26. The first-order valence-corrected chi connectivity index (χ1v) is 13.4. The molecule has 1 amide bonds. The lowest BCUT2D eigenvalue weighted by Gasteiger charge is -2.28. The Balaban J connectivity index is 1.44. The molecule has 1 fully saturated rings. The summed E-state index contributed by atoms with van der Waals surface area (Å²) in [7, 11) is 3.67. The molecular weight excluding hydrogens is 460 g/mol. The van der Waals surface area contributed by atoms with Gasteiger partial charge in [-0.2, -0.15) is 0 Å². The number of fused-ring (bicyclic) bond motifs is 2. The van der Waals surface area contributed by atoms with E-state index < -0.39 is 0 Å². The predicted molar refractivity (Wildman–Crippen MR) is 148 cm³/mol. The number of aromatic amines is 1. The zero-order valence-electron chi connectivity index (χ0n) is 22.3. The molecule has 0 bridgehead atoms. The Bertz CT molecular complexity index is 1460. The fraction of sp³-hybridized carbons (Fsp3) is 0.467. The molecule has 0 radical (unpaired) electrons. The number of carbonyl (C=O) groups is 1. The Morgan fingerprint density at radius 1 is 1.22 bits per heavy atom. The average molecular weight is 497 g/mol. The highest BCUT2D eigenvalue weighted by Crippen LogP contribution is 2.41. The molecule has 1 saturated carbocycles. The Morgan fingerprint density at radius 2 is 2.00 bits per heavy atom. The van der Waals surface area contributed by atoms with E-state index in [2.05, 4.69) is 53.1 Å². The summed E-state index contributed by atoms with van der Waals surface area (Å²) in [6.45, 7) is 12.0. The molecular formula is C30H36N6O. The first-order valence-electron chi connectivity index (χ1n) is 13.4. The van der Waals surface area contributed by atoms with Gasteiger partial charge >= 0.3 is 0 Å². The first kappa shape index (κ1) is 25.0. The van der Waals surface area contributed by atoms with E-state index in [1.54, 1.807) is 11.1 Å². The van der Waals surface area contributed by atoms with E-state index in [1.807, 2.05) is 24.7 Å². The first-order chi connectivity index (χ1) is 17.9. The molecule has 1 N–H and O–H groups in total. The van der Waals surface area contributed by atoms with Gasteiger partial charge in [-0.3, -0.25) is 19.2 Å². The molecule has 37 heavy (non-hydrogen) atoms. The minimum atomic E-state index is 0.228. The molecule has 0 spiro atoms. The lowest BCUT2D eigenvalue weighted by Crippen LogP contribution is -2.23. The van der Waals surface area contributed by atoms with Crippen molar-refractivity contribution in [2.24, 2.45) is 5.92 Å². The minimum Gasteiger partial charge on any atom is -0.353 e. The van der Waals surface area contributed by atoms with E-state index in [1.165, 1.54) is 11.3 Å². The molecule has 1 aliphatic rings. The van der Waals surface area contributed by atoms with Crippen LogP contribution >= 0.6 is 0 Å².